The number of hydrogen-bond donors (Lipinski definition) is 1. The molecule has 0 aliphatic carbocycles. The van der Waals surface area contributed by atoms with E-state index in [0.29, 0.717) is 5.82 Å². The van der Waals surface area contributed by atoms with E-state index < -0.39 is 16.7 Å². The van der Waals surface area contributed by atoms with Crippen molar-refractivity contribution in [3.63, 3.8) is 0 Å². The Hall–Kier alpha value is -2.64. The molecule has 8 heteroatoms. The lowest BCUT2D eigenvalue weighted by Crippen LogP contribution is -2.16. The fourth-order valence-corrected chi connectivity index (χ4v) is 1.73. The molecule has 0 fully saturated rings. The first kappa shape index (κ1) is 13.8. The fraction of sp³-hybridized carbons (Fsp3) is 0.333. The topological polar surface area (TPSA) is 103 Å². The van der Waals surface area contributed by atoms with Crippen LogP contribution in [-0.4, -0.2) is 20.6 Å². The zero-order chi connectivity index (χ0) is 14.9. The van der Waals surface area contributed by atoms with Gasteiger partial charge in [-0.25, -0.2) is 4.68 Å². The summed E-state index contributed by atoms with van der Waals surface area (Å²) in [5, 5.41) is 17.4. The number of carbonyl (C=O) groups is 1. The van der Waals surface area contributed by atoms with Crippen LogP contribution in [0.15, 0.2) is 22.6 Å². The second kappa shape index (κ2) is 5.16. The normalized spacial score (nSPS) is 10.8. The fourth-order valence-electron chi connectivity index (χ4n) is 1.73. The number of aryl methyl sites for hydroxylation is 1. The van der Waals surface area contributed by atoms with Crippen molar-refractivity contribution in [2.24, 2.45) is 0 Å². The van der Waals surface area contributed by atoms with Gasteiger partial charge in [-0.2, -0.15) is 5.10 Å². The van der Waals surface area contributed by atoms with E-state index in [1.165, 1.54) is 6.07 Å². The maximum absolute atomic E-state index is 12.0. The molecule has 1 N–H and O–H groups in total. The number of amides is 1. The molecular weight excluding hydrogens is 264 g/mol. The first-order valence-electron chi connectivity index (χ1n) is 6.00. The third-order valence-electron chi connectivity index (χ3n) is 2.58. The molecule has 0 aliphatic heterocycles. The number of furan rings is 1. The molecule has 8 nitrogen and oxygen atoms in total. The Bertz CT molecular complexity index is 656. The lowest BCUT2D eigenvalue weighted by Gasteiger charge is -2.10. The van der Waals surface area contributed by atoms with Crippen LogP contribution < -0.4 is 5.32 Å². The summed E-state index contributed by atoms with van der Waals surface area (Å²) in [7, 11) is 0. The SMILES string of the molecule is Cc1cc(NC(=O)c2ccc([N+](=O)[O-])o2)n(C(C)C)n1. The predicted octanol–water partition coefficient (Wildman–Crippen LogP) is 2.53. The Balaban J connectivity index is 2.21. The summed E-state index contributed by atoms with van der Waals surface area (Å²) >= 11 is 0. The highest BCUT2D eigenvalue weighted by Gasteiger charge is 2.19. The minimum atomic E-state index is -0.695. The average molecular weight is 278 g/mol. The van der Waals surface area contributed by atoms with Crippen molar-refractivity contribution in [1.82, 2.24) is 9.78 Å². The Kier molecular flexibility index (Phi) is 3.55. The number of hydrogen-bond acceptors (Lipinski definition) is 5. The molecule has 0 unspecified atom stereocenters. The van der Waals surface area contributed by atoms with Crippen LogP contribution in [0, 0.1) is 17.0 Å². The number of nitro groups is 1. The molecule has 0 saturated heterocycles. The molecule has 0 atom stereocenters. The minimum absolute atomic E-state index is 0.0740. The van der Waals surface area contributed by atoms with E-state index in [0.717, 1.165) is 11.8 Å². The van der Waals surface area contributed by atoms with E-state index in [1.54, 1.807) is 10.7 Å². The molecule has 2 heterocycles. The molecule has 2 aromatic heterocycles. The van der Waals surface area contributed by atoms with Crippen LogP contribution in [-0.2, 0) is 0 Å². The molecule has 0 aromatic carbocycles. The number of nitrogens with one attached hydrogen (secondary N) is 1. The third-order valence-corrected chi connectivity index (χ3v) is 2.58. The third kappa shape index (κ3) is 2.68. The lowest BCUT2D eigenvalue weighted by molar-refractivity contribution is -0.402. The molecule has 2 aromatic rings. The van der Waals surface area contributed by atoms with Gasteiger partial charge in [0.25, 0.3) is 5.91 Å². The van der Waals surface area contributed by atoms with E-state index in [9.17, 15) is 14.9 Å². The van der Waals surface area contributed by atoms with Crippen molar-refractivity contribution < 1.29 is 14.1 Å². The zero-order valence-corrected chi connectivity index (χ0v) is 11.3. The smallest absolute Gasteiger partial charge is 0.395 e. The van der Waals surface area contributed by atoms with Gasteiger partial charge in [0.15, 0.2) is 5.76 Å². The molecule has 0 aliphatic rings. The van der Waals surface area contributed by atoms with Crippen LogP contribution in [0.5, 0.6) is 0 Å². The van der Waals surface area contributed by atoms with Crippen LogP contribution in [0.2, 0.25) is 0 Å². The van der Waals surface area contributed by atoms with E-state index in [4.69, 9.17) is 4.42 Å². The van der Waals surface area contributed by atoms with Crippen LogP contribution >= 0.6 is 0 Å². The standard InChI is InChI=1S/C12H14N4O4/c1-7(2)15-10(6-8(3)14-15)13-12(17)9-4-5-11(20-9)16(18)19/h4-7H,1-3H3,(H,13,17). The first-order valence-corrected chi connectivity index (χ1v) is 6.00. The number of rotatable bonds is 4. The molecule has 0 radical (unpaired) electrons. The number of anilines is 1. The van der Waals surface area contributed by atoms with E-state index in [2.05, 4.69) is 10.4 Å². The number of nitrogens with zero attached hydrogens (tertiary/aromatic N) is 3. The monoisotopic (exact) mass is 278 g/mol. The minimum Gasteiger partial charge on any atom is -0.395 e. The summed E-state index contributed by atoms with van der Waals surface area (Å²) < 4.78 is 6.50. The largest absolute Gasteiger partial charge is 0.433 e. The van der Waals surface area contributed by atoms with Gasteiger partial charge in [0.2, 0.25) is 0 Å². The molecular formula is C12H14N4O4. The van der Waals surface area contributed by atoms with Gasteiger partial charge in [-0.05, 0) is 26.8 Å². The van der Waals surface area contributed by atoms with Gasteiger partial charge in [0, 0.05) is 12.1 Å². The average Bonchev–Trinajstić information content (AvgIpc) is 2.95. The van der Waals surface area contributed by atoms with Crippen molar-refractivity contribution in [3.8, 4) is 0 Å². The van der Waals surface area contributed by atoms with Gasteiger partial charge in [-0.1, -0.05) is 0 Å². The molecule has 0 spiro atoms. The first-order chi connectivity index (χ1) is 9.38. The summed E-state index contributed by atoms with van der Waals surface area (Å²) in [6, 6.07) is 4.19. The summed E-state index contributed by atoms with van der Waals surface area (Å²) in [6.45, 7) is 5.67. The number of aromatic nitrogens is 2. The Morgan fingerprint density at radius 2 is 2.20 bits per heavy atom. The van der Waals surface area contributed by atoms with Crippen molar-refractivity contribution in [3.05, 3.63) is 39.8 Å². The maximum atomic E-state index is 12.0. The van der Waals surface area contributed by atoms with Crippen molar-refractivity contribution in [2.75, 3.05) is 5.32 Å². The Morgan fingerprint density at radius 3 is 2.75 bits per heavy atom. The molecule has 2 rings (SSSR count). The van der Waals surface area contributed by atoms with Crippen LogP contribution in [0.25, 0.3) is 0 Å². The van der Waals surface area contributed by atoms with E-state index in [1.807, 2.05) is 20.8 Å². The van der Waals surface area contributed by atoms with Gasteiger partial charge in [-0.3, -0.25) is 14.9 Å². The predicted molar refractivity (Wildman–Crippen MR) is 70.7 cm³/mol. The van der Waals surface area contributed by atoms with Crippen molar-refractivity contribution in [2.45, 2.75) is 26.8 Å². The summed E-state index contributed by atoms with van der Waals surface area (Å²) in [5.41, 5.74) is 0.763. The van der Waals surface area contributed by atoms with Crippen LogP contribution in [0.4, 0.5) is 11.7 Å². The highest BCUT2D eigenvalue weighted by Crippen LogP contribution is 2.19. The van der Waals surface area contributed by atoms with Gasteiger partial charge in [0.05, 0.1) is 11.8 Å². The van der Waals surface area contributed by atoms with E-state index in [-0.39, 0.29) is 11.8 Å². The second-order valence-corrected chi connectivity index (χ2v) is 4.56. The van der Waals surface area contributed by atoms with Crippen molar-refractivity contribution in [1.29, 1.82) is 0 Å². The Morgan fingerprint density at radius 1 is 1.50 bits per heavy atom. The molecule has 0 bridgehead atoms. The maximum Gasteiger partial charge on any atom is 0.433 e. The second-order valence-electron chi connectivity index (χ2n) is 4.56. The molecule has 20 heavy (non-hydrogen) atoms. The molecule has 1 amide bonds. The van der Waals surface area contributed by atoms with Gasteiger partial charge < -0.3 is 9.73 Å². The highest BCUT2D eigenvalue weighted by molar-refractivity contribution is 6.01. The number of carbonyl (C=O) groups excluding carboxylic acids is 1. The van der Waals surface area contributed by atoms with Crippen LogP contribution in [0.3, 0.4) is 0 Å². The quantitative estimate of drug-likeness (QED) is 0.683. The van der Waals surface area contributed by atoms with Crippen molar-refractivity contribution >= 4 is 17.6 Å². The summed E-state index contributed by atoms with van der Waals surface area (Å²) in [6.07, 6.45) is 0. The van der Waals surface area contributed by atoms with Gasteiger partial charge in [0.1, 0.15) is 10.7 Å². The highest BCUT2D eigenvalue weighted by atomic mass is 16.6. The van der Waals surface area contributed by atoms with Gasteiger partial charge in [-0.15, -0.1) is 0 Å². The molecule has 106 valence electrons. The summed E-state index contributed by atoms with van der Waals surface area (Å²) in [5.74, 6) is -0.629. The summed E-state index contributed by atoms with van der Waals surface area (Å²) in [4.78, 5) is 21.8. The van der Waals surface area contributed by atoms with E-state index >= 15 is 0 Å². The van der Waals surface area contributed by atoms with Crippen LogP contribution in [0.1, 0.15) is 36.1 Å². The molecule has 0 saturated carbocycles. The zero-order valence-electron chi connectivity index (χ0n) is 11.3. The lowest BCUT2D eigenvalue weighted by atomic mass is 10.4. The Labute approximate surface area is 114 Å². The van der Waals surface area contributed by atoms with Gasteiger partial charge >= 0.3 is 5.88 Å².